The molecule has 3 heteroatoms. The Morgan fingerprint density at radius 2 is 2.40 bits per heavy atom. The second kappa shape index (κ2) is 2.47. The van der Waals surface area contributed by atoms with Gasteiger partial charge in [0.1, 0.15) is 11.8 Å². The van der Waals surface area contributed by atoms with E-state index in [-0.39, 0.29) is 0 Å². The average molecular weight is 207 g/mol. The molecule has 0 aromatic rings. The van der Waals surface area contributed by atoms with Crippen molar-refractivity contribution in [3.8, 4) is 0 Å². The maximum Gasteiger partial charge on any atom is 0.145 e. The summed E-state index contributed by atoms with van der Waals surface area (Å²) in [7, 11) is 0. The van der Waals surface area contributed by atoms with Crippen LogP contribution in [0.1, 0.15) is 6.92 Å². The number of alkyl halides is 1. The molecule has 0 aromatic heterocycles. The summed E-state index contributed by atoms with van der Waals surface area (Å²) in [6.07, 6.45) is 3.42. The first-order chi connectivity index (χ1) is 4.51. The van der Waals surface area contributed by atoms with Gasteiger partial charge in [0.25, 0.3) is 0 Å². The number of hydrogen-bond donors (Lipinski definition) is 1. The third-order valence-corrected chi connectivity index (χ3v) is 2.01. The molecule has 1 aliphatic rings. The molecule has 0 aromatic carbocycles. The summed E-state index contributed by atoms with van der Waals surface area (Å²) in [4.78, 5) is 0. The van der Waals surface area contributed by atoms with E-state index < -0.39 is 11.8 Å². The summed E-state index contributed by atoms with van der Waals surface area (Å²) < 4.78 is 13.5. The van der Waals surface area contributed by atoms with Gasteiger partial charge in [-0.15, -0.1) is 0 Å². The molecule has 56 valence electrons. The zero-order valence-corrected chi connectivity index (χ0v) is 7.10. The standard InChI is InChI=1S/C7H8BrFO/c1-7(9)3-2-6(10)5(8)4-7/h2-4,6,10H,1H3. The Hall–Kier alpha value is -0.150. The van der Waals surface area contributed by atoms with Crippen molar-refractivity contribution in [3.63, 3.8) is 0 Å². The highest BCUT2D eigenvalue weighted by Crippen LogP contribution is 2.26. The van der Waals surface area contributed by atoms with E-state index in [0.717, 1.165) is 0 Å². The van der Waals surface area contributed by atoms with Crippen molar-refractivity contribution in [2.24, 2.45) is 0 Å². The zero-order chi connectivity index (χ0) is 7.78. The van der Waals surface area contributed by atoms with Gasteiger partial charge in [0, 0.05) is 4.48 Å². The van der Waals surface area contributed by atoms with Crippen LogP contribution in [0, 0.1) is 0 Å². The van der Waals surface area contributed by atoms with E-state index >= 15 is 0 Å². The second-order valence-electron chi connectivity index (χ2n) is 2.48. The van der Waals surface area contributed by atoms with Gasteiger partial charge in [0.2, 0.25) is 0 Å². The van der Waals surface area contributed by atoms with Crippen LogP contribution in [0.4, 0.5) is 4.39 Å². The van der Waals surface area contributed by atoms with Crippen molar-refractivity contribution < 1.29 is 9.50 Å². The molecule has 0 saturated carbocycles. The molecule has 0 spiro atoms. The quantitative estimate of drug-likeness (QED) is 0.601. The van der Waals surface area contributed by atoms with Crippen LogP contribution >= 0.6 is 15.9 Å². The molecular formula is C7H8BrFO. The molecule has 0 aliphatic heterocycles. The summed E-state index contributed by atoms with van der Waals surface area (Å²) in [6, 6.07) is 0. The van der Waals surface area contributed by atoms with Gasteiger partial charge in [-0.2, -0.15) is 0 Å². The molecular weight excluding hydrogens is 199 g/mol. The maximum atomic E-state index is 13.0. The predicted octanol–water partition coefficient (Wildman–Crippen LogP) is 1.92. The normalized spacial score (nSPS) is 39.6. The van der Waals surface area contributed by atoms with Gasteiger partial charge in [0.05, 0.1) is 0 Å². The summed E-state index contributed by atoms with van der Waals surface area (Å²) in [6.45, 7) is 1.43. The lowest BCUT2D eigenvalue weighted by molar-refractivity contribution is 0.249. The van der Waals surface area contributed by atoms with Crippen molar-refractivity contribution in [3.05, 3.63) is 22.7 Å². The first kappa shape index (κ1) is 7.95. The number of aliphatic hydroxyl groups is 1. The zero-order valence-electron chi connectivity index (χ0n) is 5.51. The van der Waals surface area contributed by atoms with Crippen molar-refractivity contribution in [1.82, 2.24) is 0 Å². The molecule has 0 saturated heterocycles. The average Bonchev–Trinajstić information content (AvgIpc) is 1.79. The largest absolute Gasteiger partial charge is 0.384 e. The molecule has 0 heterocycles. The van der Waals surface area contributed by atoms with Crippen LogP contribution in [-0.4, -0.2) is 16.9 Å². The molecule has 1 nitrogen and oxygen atoms in total. The molecule has 2 atom stereocenters. The highest BCUT2D eigenvalue weighted by molar-refractivity contribution is 9.11. The van der Waals surface area contributed by atoms with Gasteiger partial charge >= 0.3 is 0 Å². The molecule has 0 radical (unpaired) electrons. The Kier molecular flexibility index (Phi) is 1.97. The number of hydrogen-bond acceptors (Lipinski definition) is 1. The van der Waals surface area contributed by atoms with Crippen LogP contribution < -0.4 is 0 Å². The lowest BCUT2D eigenvalue weighted by atomic mass is 10.0. The Morgan fingerprint density at radius 3 is 2.80 bits per heavy atom. The topological polar surface area (TPSA) is 20.2 Å². The van der Waals surface area contributed by atoms with Gasteiger partial charge in [-0.25, -0.2) is 4.39 Å². The van der Waals surface area contributed by atoms with E-state index in [2.05, 4.69) is 15.9 Å². The Morgan fingerprint density at radius 1 is 1.80 bits per heavy atom. The smallest absolute Gasteiger partial charge is 0.145 e. The first-order valence-electron chi connectivity index (χ1n) is 2.96. The highest BCUT2D eigenvalue weighted by atomic mass is 79.9. The molecule has 1 rings (SSSR count). The summed E-state index contributed by atoms with van der Waals surface area (Å²) in [5.74, 6) is 0. The van der Waals surface area contributed by atoms with Crippen molar-refractivity contribution >= 4 is 15.9 Å². The van der Waals surface area contributed by atoms with Gasteiger partial charge in [-0.3, -0.25) is 0 Å². The third kappa shape index (κ3) is 1.67. The van der Waals surface area contributed by atoms with Crippen LogP contribution in [0.3, 0.4) is 0 Å². The fourth-order valence-electron chi connectivity index (χ4n) is 0.774. The summed E-state index contributed by atoms with van der Waals surface area (Å²) >= 11 is 3.05. The van der Waals surface area contributed by atoms with Crippen LogP contribution in [0.2, 0.25) is 0 Å². The molecule has 1 N–H and O–H groups in total. The predicted molar refractivity (Wildman–Crippen MR) is 41.7 cm³/mol. The van der Waals surface area contributed by atoms with E-state index in [9.17, 15) is 4.39 Å². The van der Waals surface area contributed by atoms with E-state index in [1.54, 1.807) is 0 Å². The third-order valence-electron chi connectivity index (χ3n) is 1.31. The van der Waals surface area contributed by atoms with Crippen molar-refractivity contribution in [2.75, 3.05) is 0 Å². The van der Waals surface area contributed by atoms with Crippen molar-refractivity contribution in [2.45, 2.75) is 18.7 Å². The van der Waals surface area contributed by atoms with Crippen LogP contribution in [0.5, 0.6) is 0 Å². The number of aliphatic hydroxyl groups excluding tert-OH is 1. The van der Waals surface area contributed by atoms with Gasteiger partial charge in [0.15, 0.2) is 0 Å². The SMILES string of the molecule is CC1(F)C=CC(O)C(Br)=C1. The minimum atomic E-state index is -1.42. The Balaban J connectivity index is 2.85. The van der Waals surface area contributed by atoms with Crippen LogP contribution in [0.15, 0.2) is 22.7 Å². The fraction of sp³-hybridized carbons (Fsp3) is 0.429. The highest BCUT2D eigenvalue weighted by Gasteiger charge is 2.22. The molecule has 0 fully saturated rings. The second-order valence-corrected chi connectivity index (χ2v) is 3.40. The number of allylic oxidation sites excluding steroid dienone is 2. The minimum absolute atomic E-state index is 0.486. The molecule has 0 bridgehead atoms. The Bertz CT molecular complexity index is 196. The molecule has 1 aliphatic carbocycles. The van der Waals surface area contributed by atoms with Gasteiger partial charge in [-0.05, 0) is 19.1 Å². The van der Waals surface area contributed by atoms with Gasteiger partial charge < -0.3 is 5.11 Å². The van der Waals surface area contributed by atoms with Crippen molar-refractivity contribution in [1.29, 1.82) is 0 Å². The van der Waals surface area contributed by atoms with E-state index in [4.69, 9.17) is 5.11 Å². The number of halogens is 2. The minimum Gasteiger partial charge on any atom is -0.384 e. The van der Waals surface area contributed by atoms with E-state index in [1.165, 1.54) is 25.2 Å². The van der Waals surface area contributed by atoms with Gasteiger partial charge in [-0.1, -0.05) is 22.0 Å². The lowest BCUT2D eigenvalue weighted by Crippen LogP contribution is -2.19. The fourth-order valence-corrected chi connectivity index (χ4v) is 1.37. The maximum absolute atomic E-state index is 13.0. The first-order valence-corrected chi connectivity index (χ1v) is 3.75. The monoisotopic (exact) mass is 206 g/mol. The summed E-state index contributed by atoms with van der Waals surface area (Å²) in [5.41, 5.74) is -1.42. The van der Waals surface area contributed by atoms with Crippen LogP contribution in [-0.2, 0) is 0 Å². The summed E-state index contributed by atoms with van der Waals surface area (Å²) in [5, 5.41) is 9.04. The molecule has 0 amide bonds. The molecule has 2 unspecified atom stereocenters. The Labute approximate surface area is 67.4 Å². The van der Waals surface area contributed by atoms with E-state index in [0.29, 0.717) is 4.48 Å². The lowest BCUT2D eigenvalue weighted by Gasteiger charge is -2.18. The molecule has 10 heavy (non-hydrogen) atoms. The van der Waals surface area contributed by atoms with Crippen LogP contribution in [0.25, 0.3) is 0 Å². The van der Waals surface area contributed by atoms with E-state index in [1.807, 2.05) is 0 Å². The number of rotatable bonds is 0.